The van der Waals surface area contributed by atoms with Crippen molar-refractivity contribution in [1.82, 2.24) is 20.2 Å². The normalized spacial score (nSPS) is 15.0. The summed E-state index contributed by atoms with van der Waals surface area (Å²) < 4.78 is 34.9. The summed E-state index contributed by atoms with van der Waals surface area (Å²) in [7, 11) is 4.09. The summed E-state index contributed by atoms with van der Waals surface area (Å²) in [6.45, 7) is 5.88. The predicted octanol–water partition coefficient (Wildman–Crippen LogP) is 5.43. The lowest BCUT2D eigenvalue weighted by Gasteiger charge is -2.29. The number of nitrogens with one attached hydrogen (secondary N) is 2. The van der Waals surface area contributed by atoms with Gasteiger partial charge < -0.3 is 43.5 Å². The smallest absolute Gasteiger partial charge is 0.255 e. The van der Waals surface area contributed by atoms with E-state index in [2.05, 4.69) is 69.0 Å². The van der Waals surface area contributed by atoms with Gasteiger partial charge in [-0.1, -0.05) is 24.3 Å². The molecule has 2 aromatic heterocycles. The predicted molar refractivity (Wildman–Crippen MR) is 233 cm³/mol. The van der Waals surface area contributed by atoms with E-state index < -0.39 is 11.9 Å². The number of amides is 3. The number of pyridine rings is 1. The quantitative estimate of drug-likeness (QED) is 0.0598. The third-order valence-electron chi connectivity index (χ3n) is 10.1. The van der Waals surface area contributed by atoms with Crippen LogP contribution in [0.5, 0.6) is 5.75 Å². The lowest BCUT2D eigenvalue weighted by molar-refractivity contribution is -0.136. The maximum Gasteiger partial charge on any atom is 0.255 e. The number of hydrogen-bond donors (Lipinski definition) is 2. The second-order valence-electron chi connectivity index (χ2n) is 14.6. The van der Waals surface area contributed by atoms with Crippen LogP contribution in [0.15, 0.2) is 79.0 Å². The fourth-order valence-electron chi connectivity index (χ4n) is 6.88. The molecule has 15 nitrogen and oxygen atoms in total. The fourth-order valence-corrected chi connectivity index (χ4v) is 7.89. The van der Waals surface area contributed by atoms with Crippen LogP contribution in [0.25, 0.3) is 31.9 Å². The number of carbonyl (C=O) groups excluding carboxylic acids is 3. The molecule has 3 amide bonds. The molecule has 4 heterocycles. The van der Waals surface area contributed by atoms with Crippen molar-refractivity contribution in [1.29, 1.82) is 0 Å². The summed E-state index contributed by atoms with van der Waals surface area (Å²) in [5.74, 6) is 0.468. The summed E-state index contributed by atoms with van der Waals surface area (Å²) in [4.78, 5) is 49.6. The van der Waals surface area contributed by atoms with E-state index in [0.29, 0.717) is 103 Å². The molecule has 2 aliphatic heterocycles. The highest BCUT2D eigenvalue weighted by atomic mass is 32.1. The van der Waals surface area contributed by atoms with Crippen molar-refractivity contribution in [2.75, 3.05) is 104 Å². The Morgan fingerprint density at radius 3 is 2.07 bits per heavy atom. The molecule has 0 aliphatic carbocycles. The van der Waals surface area contributed by atoms with Crippen LogP contribution in [0, 0.1) is 0 Å². The van der Waals surface area contributed by atoms with Crippen molar-refractivity contribution in [3.05, 3.63) is 90.1 Å². The number of anilines is 2. The Kier molecular flexibility index (Phi) is 15.6. The molecule has 1 atom stereocenters. The maximum atomic E-state index is 12.8. The zero-order valence-corrected chi connectivity index (χ0v) is 35.4. The molecule has 1 saturated heterocycles. The van der Waals surface area contributed by atoms with Crippen LogP contribution in [0.3, 0.4) is 0 Å². The number of thiazole rings is 1. The van der Waals surface area contributed by atoms with E-state index in [1.807, 2.05) is 32.4 Å². The highest BCUT2D eigenvalue weighted by Gasteiger charge is 2.39. The number of aromatic nitrogens is 2. The maximum absolute atomic E-state index is 12.8. The molecular formula is C45H52N6O9S. The number of rotatable bonds is 24. The Labute approximate surface area is 359 Å². The van der Waals surface area contributed by atoms with Gasteiger partial charge >= 0.3 is 0 Å². The standard InChI is InChI=1S/C45H52N6O9S/c1-50(2)35-8-11-38-40(28-35)61-44(48-38)32-5-3-31(4-6-32)33-7-13-41(47-29-33)46-15-16-55-17-18-56-19-20-57-21-22-58-23-24-59-25-26-60-36-9-10-37-34(27-36)30-51(45(37)54)39-12-14-42(52)49-43(39)53/h3-11,13,27-29,39H,12,14-26,30H2,1-2H3,(H,46,47)(H,49,52,53). The summed E-state index contributed by atoms with van der Waals surface area (Å²) in [5.41, 5.74) is 6.77. The highest BCUT2D eigenvalue weighted by Crippen LogP contribution is 2.34. The number of fused-ring (bicyclic) bond motifs is 2. The van der Waals surface area contributed by atoms with E-state index in [0.717, 1.165) is 38.6 Å². The number of carbonyl (C=O) groups is 3. The first kappa shape index (κ1) is 43.6. The topological polar surface area (TPSA) is 163 Å². The van der Waals surface area contributed by atoms with E-state index in [1.165, 1.54) is 15.3 Å². The minimum Gasteiger partial charge on any atom is -0.491 e. The Balaban J connectivity index is 0.650. The Morgan fingerprint density at radius 2 is 1.41 bits per heavy atom. The van der Waals surface area contributed by atoms with E-state index in [-0.39, 0.29) is 18.2 Å². The third-order valence-corrected chi connectivity index (χ3v) is 11.2. The van der Waals surface area contributed by atoms with Gasteiger partial charge in [0.05, 0.1) is 76.3 Å². The zero-order valence-electron chi connectivity index (χ0n) is 34.6. The SMILES string of the molecule is CN(C)c1ccc2nc(-c3ccc(-c4ccc(NCCOCCOCCOCCOCCOCCOc5ccc6c(c5)CN(C5CCC(=O)NC5=O)C6=O)nc4)cc3)sc2c1. The van der Waals surface area contributed by atoms with Crippen LogP contribution in [0.4, 0.5) is 11.5 Å². The molecule has 16 heteroatoms. The lowest BCUT2D eigenvalue weighted by Crippen LogP contribution is -2.52. The van der Waals surface area contributed by atoms with Crippen LogP contribution in [-0.2, 0) is 39.8 Å². The Morgan fingerprint density at radius 1 is 0.754 bits per heavy atom. The molecule has 1 unspecified atom stereocenters. The van der Waals surface area contributed by atoms with E-state index in [9.17, 15) is 14.4 Å². The summed E-state index contributed by atoms with van der Waals surface area (Å²) in [6, 6.07) is 23.5. The Hall–Kier alpha value is -5.49. The van der Waals surface area contributed by atoms with Crippen molar-refractivity contribution in [2.24, 2.45) is 0 Å². The molecule has 61 heavy (non-hydrogen) atoms. The van der Waals surface area contributed by atoms with Gasteiger partial charge in [0.15, 0.2) is 0 Å². The van der Waals surface area contributed by atoms with Crippen LogP contribution >= 0.6 is 11.3 Å². The van der Waals surface area contributed by atoms with Crippen LogP contribution in [0.2, 0.25) is 0 Å². The van der Waals surface area contributed by atoms with Crippen molar-refractivity contribution in [3.63, 3.8) is 0 Å². The van der Waals surface area contributed by atoms with Gasteiger partial charge in [-0.2, -0.15) is 0 Å². The number of benzene rings is 3. The number of imide groups is 1. The minimum atomic E-state index is -0.642. The monoisotopic (exact) mass is 852 g/mol. The van der Waals surface area contributed by atoms with E-state index >= 15 is 0 Å². The van der Waals surface area contributed by atoms with Crippen LogP contribution in [-0.4, -0.2) is 132 Å². The van der Waals surface area contributed by atoms with Crippen molar-refractivity contribution in [2.45, 2.75) is 25.4 Å². The van der Waals surface area contributed by atoms with Gasteiger partial charge in [0.25, 0.3) is 5.91 Å². The highest BCUT2D eigenvalue weighted by molar-refractivity contribution is 7.21. The van der Waals surface area contributed by atoms with Gasteiger partial charge in [-0.3, -0.25) is 19.7 Å². The number of hydrogen-bond acceptors (Lipinski definition) is 14. The molecule has 5 aromatic rings. The molecule has 2 N–H and O–H groups in total. The molecular weight excluding hydrogens is 801 g/mol. The van der Waals surface area contributed by atoms with Gasteiger partial charge in [0.2, 0.25) is 11.8 Å². The van der Waals surface area contributed by atoms with Gasteiger partial charge in [-0.05, 0) is 66.1 Å². The molecule has 2 aliphatic rings. The van der Waals surface area contributed by atoms with Gasteiger partial charge in [-0.25, -0.2) is 9.97 Å². The largest absolute Gasteiger partial charge is 0.491 e. The number of nitrogens with zero attached hydrogens (tertiary/aromatic N) is 4. The van der Waals surface area contributed by atoms with Crippen molar-refractivity contribution >= 4 is 50.8 Å². The summed E-state index contributed by atoms with van der Waals surface area (Å²) in [5, 5.41) is 6.62. The average molecular weight is 853 g/mol. The van der Waals surface area contributed by atoms with Gasteiger partial charge in [0, 0.05) is 62.2 Å². The van der Waals surface area contributed by atoms with Crippen LogP contribution in [0.1, 0.15) is 28.8 Å². The second kappa shape index (κ2) is 21.9. The molecule has 322 valence electrons. The van der Waals surface area contributed by atoms with E-state index in [1.54, 1.807) is 23.5 Å². The average Bonchev–Trinajstić information content (AvgIpc) is 3.85. The molecule has 0 bridgehead atoms. The molecule has 0 radical (unpaired) electrons. The first-order chi connectivity index (χ1) is 29.8. The van der Waals surface area contributed by atoms with Crippen molar-refractivity contribution in [3.8, 4) is 27.4 Å². The van der Waals surface area contributed by atoms with Crippen LogP contribution < -0.4 is 20.3 Å². The number of ether oxygens (including phenoxy) is 6. The fraction of sp³-hybridized carbons (Fsp3) is 0.400. The first-order valence-corrected chi connectivity index (χ1v) is 21.3. The third kappa shape index (κ3) is 12.1. The van der Waals surface area contributed by atoms with E-state index in [4.69, 9.17) is 33.4 Å². The van der Waals surface area contributed by atoms with Gasteiger partial charge in [-0.15, -0.1) is 11.3 Å². The Bertz CT molecular complexity index is 2230. The van der Waals surface area contributed by atoms with Crippen molar-refractivity contribution < 1.29 is 42.8 Å². The molecule has 1 fully saturated rings. The first-order valence-electron chi connectivity index (χ1n) is 20.5. The number of piperidine rings is 1. The lowest BCUT2D eigenvalue weighted by atomic mass is 10.0. The second-order valence-corrected chi connectivity index (χ2v) is 15.7. The minimum absolute atomic E-state index is 0.211. The molecule has 0 saturated carbocycles. The summed E-state index contributed by atoms with van der Waals surface area (Å²) >= 11 is 1.71. The zero-order chi connectivity index (χ0) is 42.4. The molecule has 3 aromatic carbocycles. The molecule has 0 spiro atoms. The van der Waals surface area contributed by atoms with Gasteiger partial charge in [0.1, 0.15) is 29.2 Å². The summed E-state index contributed by atoms with van der Waals surface area (Å²) in [6.07, 6.45) is 2.43. The molecule has 7 rings (SSSR count).